The molecule has 0 aliphatic rings. The molecule has 94 valence electrons. The highest BCUT2D eigenvalue weighted by molar-refractivity contribution is 5.97. The van der Waals surface area contributed by atoms with E-state index < -0.39 is 0 Å². The molecule has 0 aliphatic heterocycles. The van der Waals surface area contributed by atoms with Gasteiger partial charge in [-0.25, -0.2) is 0 Å². The van der Waals surface area contributed by atoms with Crippen LogP contribution in [-0.2, 0) is 9.59 Å². The van der Waals surface area contributed by atoms with Crippen LogP contribution in [0.5, 0.6) is 0 Å². The third-order valence-corrected chi connectivity index (χ3v) is 2.50. The fraction of sp³-hybridized carbons (Fsp3) is 0.250. The van der Waals surface area contributed by atoms with Gasteiger partial charge in [-0.15, -0.1) is 0 Å². The van der Waals surface area contributed by atoms with Gasteiger partial charge < -0.3 is 0 Å². The van der Waals surface area contributed by atoms with Crippen LogP contribution in [0.3, 0.4) is 0 Å². The number of aldehydes is 1. The van der Waals surface area contributed by atoms with Crippen molar-refractivity contribution in [2.45, 2.75) is 20.8 Å². The molecular weight excluding hydrogens is 224 g/mol. The first kappa shape index (κ1) is 14.1. The Morgan fingerprint density at radius 2 is 1.61 bits per heavy atom. The van der Waals surface area contributed by atoms with E-state index in [1.807, 2.05) is 45.0 Å². The smallest absolute Gasteiger partial charge is 0.161 e. The summed E-state index contributed by atoms with van der Waals surface area (Å²) in [4.78, 5) is 22.1. The Hall–Kier alpha value is -1.96. The van der Waals surface area contributed by atoms with Crippen molar-refractivity contribution in [1.29, 1.82) is 0 Å². The lowest BCUT2D eigenvalue weighted by Crippen LogP contribution is -2.17. The van der Waals surface area contributed by atoms with Crippen LogP contribution in [0.15, 0.2) is 36.4 Å². The van der Waals surface area contributed by atoms with Gasteiger partial charge >= 0.3 is 0 Å². The van der Waals surface area contributed by atoms with Gasteiger partial charge in [0.2, 0.25) is 0 Å². The van der Waals surface area contributed by atoms with Gasteiger partial charge in [0.1, 0.15) is 6.29 Å². The average molecular weight is 242 g/mol. The monoisotopic (exact) mass is 242 g/mol. The van der Waals surface area contributed by atoms with E-state index in [2.05, 4.69) is 0 Å². The minimum absolute atomic E-state index is 0.0803. The number of hydrogen-bond donors (Lipinski definition) is 0. The zero-order chi connectivity index (χ0) is 13.6. The molecule has 0 bridgehead atoms. The molecule has 2 nitrogen and oxygen atoms in total. The summed E-state index contributed by atoms with van der Waals surface area (Å²) < 4.78 is 0. The van der Waals surface area contributed by atoms with E-state index in [0.29, 0.717) is 0 Å². The van der Waals surface area contributed by atoms with E-state index in [1.165, 1.54) is 6.08 Å². The molecule has 0 N–H and O–H groups in total. The molecule has 0 unspecified atom stereocenters. The largest absolute Gasteiger partial charge is 0.299 e. The molecule has 1 aromatic rings. The van der Waals surface area contributed by atoms with Crippen LogP contribution < -0.4 is 0 Å². The number of rotatable bonds is 4. The summed E-state index contributed by atoms with van der Waals surface area (Å²) in [5, 5.41) is 0. The molecule has 0 amide bonds. The maximum absolute atomic E-state index is 11.8. The average Bonchev–Trinajstić information content (AvgIpc) is 2.33. The normalized spacial score (nSPS) is 12.2. The topological polar surface area (TPSA) is 34.1 Å². The molecule has 0 radical (unpaired) electrons. The lowest BCUT2D eigenvalue weighted by atomic mass is 9.90. The number of allylic oxidation sites excluding steroid dienone is 2. The summed E-state index contributed by atoms with van der Waals surface area (Å²) in [5.41, 5.74) is 1.47. The van der Waals surface area contributed by atoms with Gasteiger partial charge in [0.25, 0.3) is 0 Å². The predicted molar refractivity (Wildman–Crippen MR) is 75.0 cm³/mol. The lowest BCUT2D eigenvalue weighted by Gasteiger charge is -2.13. The van der Waals surface area contributed by atoms with E-state index in [1.54, 1.807) is 18.2 Å². The van der Waals surface area contributed by atoms with Gasteiger partial charge in [-0.3, -0.25) is 9.59 Å². The van der Waals surface area contributed by atoms with Crippen molar-refractivity contribution in [1.82, 2.24) is 0 Å². The molecule has 0 saturated heterocycles. The van der Waals surface area contributed by atoms with Crippen LogP contribution in [0.25, 0.3) is 12.2 Å². The molecule has 0 spiro atoms. The number of benzene rings is 1. The third kappa shape index (κ3) is 4.13. The first-order valence-electron chi connectivity index (χ1n) is 5.88. The summed E-state index contributed by atoms with van der Waals surface area (Å²) in [6.07, 6.45) is 7.29. The van der Waals surface area contributed by atoms with Crippen molar-refractivity contribution in [2.75, 3.05) is 0 Å². The molecule has 0 saturated carbocycles. The van der Waals surface area contributed by atoms with E-state index in [0.717, 1.165) is 17.4 Å². The molecule has 1 rings (SSSR count). The summed E-state index contributed by atoms with van der Waals surface area (Å²) in [6.45, 7) is 5.66. The highest BCUT2D eigenvalue weighted by atomic mass is 16.1. The second-order valence-electron chi connectivity index (χ2n) is 5.07. The summed E-state index contributed by atoms with van der Waals surface area (Å²) in [5.74, 6) is 0.0803. The van der Waals surface area contributed by atoms with E-state index >= 15 is 0 Å². The van der Waals surface area contributed by atoms with E-state index in [9.17, 15) is 9.59 Å². The van der Waals surface area contributed by atoms with Crippen molar-refractivity contribution in [3.05, 3.63) is 47.5 Å². The molecule has 0 aromatic heterocycles. The quantitative estimate of drug-likeness (QED) is 0.598. The number of ketones is 1. The second-order valence-corrected chi connectivity index (χ2v) is 5.07. The Bertz CT molecular complexity index is 488. The zero-order valence-electron chi connectivity index (χ0n) is 11.0. The van der Waals surface area contributed by atoms with Crippen molar-refractivity contribution in [3.63, 3.8) is 0 Å². The Balaban J connectivity index is 2.97. The maximum Gasteiger partial charge on any atom is 0.161 e. The van der Waals surface area contributed by atoms with Crippen LogP contribution in [0.2, 0.25) is 0 Å². The van der Waals surface area contributed by atoms with Crippen molar-refractivity contribution in [3.8, 4) is 0 Å². The minimum Gasteiger partial charge on any atom is -0.299 e. The third-order valence-electron chi connectivity index (χ3n) is 2.50. The molecule has 2 heteroatoms. The van der Waals surface area contributed by atoms with Gasteiger partial charge in [-0.2, -0.15) is 0 Å². The van der Waals surface area contributed by atoms with Gasteiger partial charge in [0, 0.05) is 5.41 Å². The summed E-state index contributed by atoms with van der Waals surface area (Å²) in [6, 6.07) is 7.62. The Morgan fingerprint density at radius 3 is 2.11 bits per heavy atom. The SMILES string of the molecule is CC(C)(C)C(=O)/C=C/c1ccccc1/C=C/C=O. The van der Waals surface area contributed by atoms with Crippen LogP contribution in [0.1, 0.15) is 31.9 Å². The maximum atomic E-state index is 11.8. The highest BCUT2D eigenvalue weighted by Crippen LogP contribution is 2.17. The van der Waals surface area contributed by atoms with Crippen LogP contribution in [0, 0.1) is 5.41 Å². The zero-order valence-corrected chi connectivity index (χ0v) is 11.0. The van der Waals surface area contributed by atoms with Crippen LogP contribution >= 0.6 is 0 Å². The second kappa shape index (κ2) is 6.10. The molecule has 1 aromatic carbocycles. The summed E-state index contributed by atoms with van der Waals surface area (Å²) in [7, 11) is 0. The highest BCUT2D eigenvalue weighted by Gasteiger charge is 2.17. The minimum atomic E-state index is -0.371. The van der Waals surface area contributed by atoms with E-state index in [4.69, 9.17) is 0 Å². The molecule has 0 heterocycles. The van der Waals surface area contributed by atoms with Crippen LogP contribution in [-0.4, -0.2) is 12.1 Å². The Kier molecular flexibility index (Phi) is 4.78. The van der Waals surface area contributed by atoms with Gasteiger partial charge in [0.05, 0.1) is 0 Å². The molecule has 0 fully saturated rings. The van der Waals surface area contributed by atoms with Crippen molar-refractivity contribution in [2.24, 2.45) is 5.41 Å². The Labute approximate surface area is 108 Å². The Morgan fingerprint density at radius 1 is 1.06 bits per heavy atom. The fourth-order valence-electron chi connectivity index (χ4n) is 1.37. The molecular formula is C16H18O2. The van der Waals surface area contributed by atoms with Crippen molar-refractivity contribution < 1.29 is 9.59 Å². The number of hydrogen-bond acceptors (Lipinski definition) is 2. The van der Waals surface area contributed by atoms with Gasteiger partial charge in [-0.05, 0) is 23.3 Å². The molecule has 0 atom stereocenters. The first-order valence-corrected chi connectivity index (χ1v) is 5.88. The van der Waals surface area contributed by atoms with E-state index in [-0.39, 0.29) is 11.2 Å². The standard InChI is InChI=1S/C16H18O2/c1-16(2,3)15(18)11-10-14-8-5-4-7-13(14)9-6-12-17/h4-12H,1-3H3/b9-6+,11-10+. The van der Waals surface area contributed by atoms with Gasteiger partial charge in [0.15, 0.2) is 5.78 Å². The number of carbonyl (C=O) groups excluding carboxylic acids is 2. The summed E-state index contributed by atoms with van der Waals surface area (Å²) >= 11 is 0. The van der Waals surface area contributed by atoms with Crippen LogP contribution in [0.4, 0.5) is 0 Å². The van der Waals surface area contributed by atoms with Gasteiger partial charge in [-0.1, -0.05) is 57.2 Å². The number of carbonyl (C=O) groups is 2. The lowest BCUT2D eigenvalue weighted by molar-refractivity contribution is -0.121. The first-order chi connectivity index (χ1) is 8.45. The van der Waals surface area contributed by atoms with Crippen molar-refractivity contribution >= 4 is 24.2 Å². The molecule has 0 aliphatic carbocycles. The molecule has 18 heavy (non-hydrogen) atoms. The predicted octanol–water partition coefficient (Wildman–Crippen LogP) is 3.53. The fourth-order valence-corrected chi connectivity index (χ4v) is 1.37.